The molecule has 0 spiro atoms. The first-order chi connectivity index (χ1) is 18.5. The second-order valence-electron chi connectivity index (χ2n) is 11.0. The molecule has 3 aliphatic heterocycles. The zero-order chi connectivity index (χ0) is 26.0. The number of benzene rings is 2. The van der Waals surface area contributed by atoms with E-state index in [2.05, 4.69) is 37.3 Å². The Labute approximate surface area is 225 Å². The highest BCUT2D eigenvalue weighted by Crippen LogP contribution is 2.41. The molecule has 4 aromatic rings. The van der Waals surface area contributed by atoms with E-state index >= 15 is 4.39 Å². The van der Waals surface area contributed by atoms with E-state index in [4.69, 9.17) is 21.3 Å². The molecule has 198 valence electrons. The summed E-state index contributed by atoms with van der Waals surface area (Å²) >= 11 is 6.82. The van der Waals surface area contributed by atoms with Gasteiger partial charge in [0.25, 0.3) is 0 Å². The van der Waals surface area contributed by atoms with Crippen molar-refractivity contribution in [3.05, 3.63) is 40.7 Å². The Morgan fingerprint density at radius 3 is 2.74 bits per heavy atom. The van der Waals surface area contributed by atoms with Gasteiger partial charge in [-0.05, 0) is 63.9 Å². The quantitative estimate of drug-likeness (QED) is 0.384. The van der Waals surface area contributed by atoms with E-state index < -0.39 is 5.82 Å². The van der Waals surface area contributed by atoms with E-state index in [0.717, 1.165) is 61.8 Å². The largest absolute Gasteiger partial charge is 0.462 e. The van der Waals surface area contributed by atoms with Crippen LogP contribution < -0.4 is 15.0 Å². The van der Waals surface area contributed by atoms with Crippen molar-refractivity contribution in [3.63, 3.8) is 0 Å². The number of anilines is 1. The lowest BCUT2D eigenvalue weighted by atomic mass is 10.0. The summed E-state index contributed by atoms with van der Waals surface area (Å²) < 4.78 is 22.7. The number of piperazine rings is 1. The average Bonchev–Trinajstić information content (AvgIpc) is 3.61. The predicted octanol–water partition coefficient (Wildman–Crippen LogP) is 4.69. The number of rotatable bonds is 5. The monoisotopic (exact) mass is 535 g/mol. The van der Waals surface area contributed by atoms with Crippen LogP contribution in [-0.2, 0) is 0 Å². The highest BCUT2D eigenvalue weighted by atomic mass is 35.5. The molecule has 2 unspecified atom stereocenters. The molecule has 3 atom stereocenters. The molecule has 7 rings (SSSR count). The summed E-state index contributed by atoms with van der Waals surface area (Å²) in [6.07, 6.45) is 4.47. The zero-order valence-electron chi connectivity index (χ0n) is 21.6. The lowest BCUT2D eigenvalue weighted by Crippen LogP contribution is -2.51. The Bertz CT molecular complexity index is 1530. The summed E-state index contributed by atoms with van der Waals surface area (Å²) in [6.45, 7) is 5.11. The molecular weight excluding hydrogens is 505 g/mol. The van der Waals surface area contributed by atoms with Crippen molar-refractivity contribution in [2.75, 3.05) is 38.2 Å². The predicted molar refractivity (Wildman–Crippen MR) is 148 cm³/mol. The first kappa shape index (κ1) is 24.1. The molecule has 0 aliphatic carbocycles. The van der Waals surface area contributed by atoms with Crippen LogP contribution in [0.5, 0.6) is 6.01 Å². The zero-order valence-corrected chi connectivity index (χ0v) is 22.4. The molecule has 10 heteroatoms. The SMILES string of the molecule is Cc1cccc2[nH]nc(-c3c(Cl)cc4c(N5CC6CCC(C5)N6)nc(OC[C@@H]5CCCN5C)nc4c3F)c12. The molecule has 8 nitrogen and oxygen atoms in total. The normalized spacial score (nSPS) is 23.7. The molecule has 38 heavy (non-hydrogen) atoms. The third-order valence-corrected chi connectivity index (χ3v) is 8.77. The molecule has 5 heterocycles. The highest BCUT2D eigenvalue weighted by Gasteiger charge is 2.34. The van der Waals surface area contributed by atoms with E-state index in [1.807, 2.05) is 25.1 Å². The fourth-order valence-corrected chi connectivity index (χ4v) is 6.72. The third kappa shape index (κ3) is 3.99. The number of nitrogens with one attached hydrogen (secondary N) is 2. The smallest absolute Gasteiger partial charge is 0.319 e. The van der Waals surface area contributed by atoms with Crippen LogP contribution in [-0.4, -0.2) is 76.5 Å². The standard InChI is InChI=1S/C28H31ClFN7O/c1-15-5-3-7-21-22(15)26(35-34-21)23-20(29)11-19-25(24(23)30)32-28(38-14-18-6-4-10-36(18)2)33-27(19)37-12-16-8-9-17(13-37)31-16/h3,5,7,11,16-18,31H,4,6,8-10,12-14H2,1-2H3,(H,34,35)/t16?,17?,18-/m0/s1. The fraction of sp³-hybridized carbons (Fsp3) is 0.464. The van der Waals surface area contributed by atoms with Crippen molar-refractivity contribution in [3.8, 4) is 17.3 Å². The minimum Gasteiger partial charge on any atom is -0.462 e. The Kier molecular flexibility index (Phi) is 5.90. The van der Waals surface area contributed by atoms with Crippen LogP contribution in [0.15, 0.2) is 24.3 Å². The number of likely N-dealkylation sites (tertiary alicyclic amines) is 1. The molecule has 0 radical (unpaired) electrons. The molecular formula is C28H31ClFN7O. The van der Waals surface area contributed by atoms with Crippen LogP contribution in [0.1, 0.15) is 31.2 Å². The molecule has 2 aromatic carbocycles. The van der Waals surface area contributed by atoms with Gasteiger partial charge in [-0.3, -0.25) is 5.10 Å². The van der Waals surface area contributed by atoms with E-state index in [-0.39, 0.29) is 22.1 Å². The summed E-state index contributed by atoms with van der Waals surface area (Å²) in [7, 11) is 2.11. The number of H-pyrrole nitrogens is 1. The molecule has 3 aliphatic rings. The van der Waals surface area contributed by atoms with Gasteiger partial charge in [0.05, 0.1) is 16.1 Å². The van der Waals surface area contributed by atoms with Crippen LogP contribution >= 0.6 is 11.6 Å². The van der Waals surface area contributed by atoms with Crippen LogP contribution in [0.2, 0.25) is 5.02 Å². The maximum atomic E-state index is 16.5. The number of ether oxygens (including phenoxy) is 1. The van der Waals surface area contributed by atoms with E-state index in [1.54, 1.807) is 6.07 Å². The maximum Gasteiger partial charge on any atom is 0.319 e. The molecule has 2 bridgehead atoms. The lowest BCUT2D eigenvalue weighted by Gasteiger charge is -2.34. The second kappa shape index (κ2) is 9.32. The van der Waals surface area contributed by atoms with Gasteiger partial charge in [-0.2, -0.15) is 15.1 Å². The van der Waals surface area contributed by atoms with Crippen molar-refractivity contribution < 1.29 is 9.13 Å². The van der Waals surface area contributed by atoms with Gasteiger partial charge in [0.1, 0.15) is 23.6 Å². The molecule has 0 saturated carbocycles. The lowest BCUT2D eigenvalue weighted by molar-refractivity contribution is 0.188. The van der Waals surface area contributed by atoms with Crippen molar-refractivity contribution >= 4 is 39.2 Å². The summed E-state index contributed by atoms with van der Waals surface area (Å²) in [4.78, 5) is 14.0. The van der Waals surface area contributed by atoms with Crippen molar-refractivity contribution in [2.24, 2.45) is 0 Å². The maximum absolute atomic E-state index is 16.5. The van der Waals surface area contributed by atoms with Gasteiger partial charge in [-0.1, -0.05) is 23.7 Å². The third-order valence-electron chi connectivity index (χ3n) is 8.47. The van der Waals surface area contributed by atoms with Crippen LogP contribution in [0.4, 0.5) is 10.2 Å². The molecule has 2 aromatic heterocycles. The number of aromatic nitrogens is 4. The van der Waals surface area contributed by atoms with Gasteiger partial charge in [-0.15, -0.1) is 0 Å². The first-order valence-corrected chi connectivity index (χ1v) is 13.8. The van der Waals surface area contributed by atoms with Gasteiger partial charge in [0, 0.05) is 42.0 Å². The van der Waals surface area contributed by atoms with Crippen LogP contribution in [0, 0.1) is 12.7 Å². The summed E-state index contributed by atoms with van der Waals surface area (Å²) in [5.41, 5.74) is 2.76. The second-order valence-corrected chi connectivity index (χ2v) is 11.4. The summed E-state index contributed by atoms with van der Waals surface area (Å²) in [5, 5.41) is 12.9. The number of aryl methyl sites for hydroxylation is 1. The van der Waals surface area contributed by atoms with E-state index in [0.29, 0.717) is 41.6 Å². The average molecular weight is 536 g/mol. The van der Waals surface area contributed by atoms with E-state index in [9.17, 15) is 0 Å². The summed E-state index contributed by atoms with van der Waals surface area (Å²) in [6, 6.07) is 8.95. The van der Waals surface area contributed by atoms with Crippen molar-refractivity contribution in [1.82, 2.24) is 30.4 Å². The van der Waals surface area contributed by atoms with Crippen LogP contribution in [0.25, 0.3) is 33.1 Å². The Hall–Kier alpha value is -3.01. The minimum atomic E-state index is -0.506. The topological polar surface area (TPSA) is 82.2 Å². The van der Waals surface area contributed by atoms with Gasteiger partial charge >= 0.3 is 6.01 Å². The molecule has 3 fully saturated rings. The van der Waals surface area contributed by atoms with Gasteiger partial charge in [0.2, 0.25) is 0 Å². The number of halogens is 2. The molecule has 2 N–H and O–H groups in total. The Morgan fingerprint density at radius 1 is 1.16 bits per heavy atom. The van der Waals surface area contributed by atoms with Crippen LogP contribution in [0.3, 0.4) is 0 Å². The number of hydrogen-bond acceptors (Lipinski definition) is 7. The number of aromatic amines is 1. The van der Waals surface area contributed by atoms with E-state index in [1.165, 1.54) is 0 Å². The molecule has 0 amide bonds. The number of nitrogens with zero attached hydrogens (tertiary/aromatic N) is 5. The van der Waals surface area contributed by atoms with Crippen molar-refractivity contribution in [1.29, 1.82) is 0 Å². The fourth-order valence-electron chi connectivity index (χ4n) is 6.44. The number of fused-ring (bicyclic) bond motifs is 4. The first-order valence-electron chi connectivity index (χ1n) is 13.4. The number of hydrogen-bond donors (Lipinski definition) is 2. The van der Waals surface area contributed by atoms with Gasteiger partial charge in [0.15, 0.2) is 5.82 Å². The van der Waals surface area contributed by atoms with Gasteiger partial charge < -0.3 is 19.9 Å². The van der Waals surface area contributed by atoms with Crippen molar-refractivity contribution in [2.45, 2.75) is 50.7 Å². The number of likely N-dealkylation sites (N-methyl/N-ethyl adjacent to an activating group) is 1. The highest BCUT2D eigenvalue weighted by molar-refractivity contribution is 6.34. The molecule has 3 saturated heterocycles. The Balaban J connectivity index is 1.37. The van der Waals surface area contributed by atoms with Gasteiger partial charge in [-0.25, -0.2) is 4.39 Å². The summed E-state index contributed by atoms with van der Waals surface area (Å²) in [5.74, 6) is 0.173. The Morgan fingerprint density at radius 2 is 1.97 bits per heavy atom. The minimum absolute atomic E-state index is 0.203.